The van der Waals surface area contributed by atoms with Crippen LogP contribution in [0.3, 0.4) is 0 Å². The van der Waals surface area contributed by atoms with E-state index in [1.165, 1.54) is 12.1 Å². The van der Waals surface area contributed by atoms with Gasteiger partial charge in [-0.05, 0) is 61.2 Å². The Kier molecular flexibility index (Phi) is 7.13. The maximum absolute atomic E-state index is 12.9. The summed E-state index contributed by atoms with van der Waals surface area (Å²) < 4.78 is 28.3. The third-order valence-corrected chi connectivity index (χ3v) is 6.61. The summed E-state index contributed by atoms with van der Waals surface area (Å²) in [7, 11) is -3.73. The quantitative estimate of drug-likeness (QED) is 0.481. The molecule has 31 heavy (non-hydrogen) atoms. The Balaban J connectivity index is 1.75. The molecule has 0 bridgehead atoms. The molecule has 0 fully saturated rings. The summed E-state index contributed by atoms with van der Waals surface area (Å²) in [6, 6.07) is 21.5. The zero-order valence-corrected chi connectivity index (χ0v) is 18.9. The van der Waals surface area contributed by atoms with Crippen LogP contribution in [0.1, 0.15) is 42.4 Å². The zero-order valence-electron chi connectivity index (χ0n) is 18.1. The van der Waals surface area contributed by atoms with E-state index in [2.05, 4.69) is 10.0 Å². The van der Waals surface area contributed by atoms with Crippen LogP contribution in [0.2, 0.25) is 0 Å². The number of nitrogens with one attached hydrogen (secondary N) is 2. The van der Waals surface area contributed by atoms with E-state index in [-0.39, 0.29) is 16.7 Å². The van der Waals surface area contributed by atoms with Gasteiger partial charge in [-0.2, -0.15) is 0 Å². The molecule has 3 rings (SSSR count). The molecule has 0 radical (unpaired) electrons. The van der Waals surface area contributed by atoms with Crippen molar-refractivity contribution >= 4 is 27.3 Å². The van der Waals surface area contributed by atoms with Crippen molar-refractivity contribution in [2.75, 3.05) is 10.0 Å². The fraction of sp³-hybridized carbons (Fsp3) is 0.240. The molecule has 2 N–H and O–H groups in total. The van der Waals surface area contributed by atoms with E-state index in [1.807, 2.05) is 69.3 Å². The van der Waals surface area contributed by atoms with E-state index < -0.39 is 10.0 Å². The fourth-order valence-electron chi connectivity index (χ4n) is 3.54. The van der Waals surface area contributed by atoms with Gasteiger partial charge in [0.15, 0.2) is 0 Å². The maximum atomic E-state index is 12.9. The molecule has 0 heterocycles. The van der Waals surface area contributed by atoms with Crippen molar-refractivity contribution < 1.29 is 13.2 Å². The molecule has 0 aliphatic rings. The Morgan fingerprint density at radius 3 is 2.06 bits per heavy atom. The summed E-state index contributed by atoms with van der Waals surface area (Å²) in [5.41, 5.74) is 3.84. The molecule has 3 aromatic carbocycles. The minimum absolute atomic E-state index is 0.0997. The lowest BCUT2D eigenvalue weighted by atomic mass is 9.93. The van der Waals surface area contributed by atoms with Gasteiger partial charge in [-0.1, -0.05) is 61.9 Å². The number of carbonyl (C=O) groups is 1. The molecule has 0 aromatic heterocycles. The van der Waals surface area contributed by atoms with Crippen molar-refractivity contribution in [2.24, 2.45) is 0 Å². The average Bonchev–Trinajstić information content (AvgIpc) is 2.75. The maximum Gasteiger partial charge on any atom is 0.261 e. The molecule has 1 amide bonds. The number of carbonyl (C=O) groups excluding carboxylic acids is 1. The van der Waals surface area contributed by atoms with Crippen LogP contribution in [-0.2, 0) is 14.8 Å². The van der Waals surface area contributed by atoms with E-state index in [4.69, 9.17) is 0 Å². The number of aryl methyl sites for hydroxylation is 2. The smallest absolute Gasteiger partial charge is 0.261 e. The van der Waals surface area contributed by atoms with E-state index >= 15 is 0 Å². The number of sulfonamides is 1. The molecule has 0 saturated heterocycles. The highest BCUT2D eigenvalue weighted by atomic mass is 32.2. The number of benzene rings is 3. The van der Waals surface area contributed by atoms with Gasteiger partial charge in [-0.15, -0.1) is 0 Å². The van der Waals surface area contributed by atoms with Gasteiger partial charge in [0.1, 0.15) is 0 Å². The summed E-state index contributed by atoms with van der Waals surface area (Å²) in [6.45, 7) is 5.78. The van der Waals surface area contributed by atoms with E-state index in [1.54, 1.807) is 12.1 Å². The van der Waals surface area contributed by atoms with Crippen LogP contribution in [0, 0.1) is 13.8 Å². The predicted octanol–water partition coefficient (Wildman–Crippen LogP) is 5.63. The minimum atomic E-state index is -3.73. The van der Waals surface area contributed by atoms with Crippen LogP contribution in [0.25, 0.3) is 0 Å². The van der Waals surface area contributed by atoms with E-state index in [0.717, 1.165) is 29.5 Å². The van der Waals surface area contributed by atoms with Gasteiger partial charge in [0.2, 0.25) is 5.91 Å². The minimum Gasteiger partial charge on any atom is -0.326 e. The number of anilines is 2. The second-order valence-electron chi connectivity index (χ2n) is 7.64. The highest BCUT2D eigenvalue weighted by Gasteiger charge is 2.20. The fourth-order valence-corrected chi connectivity index (χ4v) is 4.74. The summed E-state index contributed by atoms with van der Waals surface area (Å²) in [6.07, 6.45) is 1.62. The van der Waals surface area contributed by atoms with Crippen molar-refractivity contribution in [3.8, 4) is 0 Å². The average molecular weight is 437 g/mol. The first kappa shape index (κ1) is 22.6. The summed E-state index contributed by atoms with van der Waals surface area (Å²) in [5, 5.41) is 2.92. The zero-order chi connectivity index (χ0) is 22.4. The molecule has 0 aliphatic heterocycles. The lowest BCUT2D eigenvalue weighted by Crippen LogP contribution is -2.21. The van der Waals surface area contributed by atoms with Crippen molar-refractivity contribution in [3.63, 3.8) is 0 Å². The van der Waals surface area contributed by atoms with Gasteiger partial charge < -0.3 is 5.32 Å². The number of hydrogen-bond donors (Lipinski definition) is 2. The standard InChI is InChI=1S/C25H28N2O3S/c1-4-9-23(20-12-6-5-7-13-20)25(28)26-21-14-16-22(17-15-21)31(29,30)27-24-18(2)10-8-11-19(24)3/h5-8,10-17,23,27H,4,9H2,1-3H3,(H,26,28). The SMILES string of the molecule is CCCC(C(=O)Nc1ccc(S(=O)(=O)Nc2c(C)cccc2C)cc1)c1ccccc1. The van der Waals surface area contributed by atoms with Gasteiger partial charge in [0.05, 0.1) is 16.5 Å². The first-order valence-electron chi connectivity index (χ1n) is 10.4. The first-order valence-corrected chi connectivity index (χ1v) is 11.8. The molecule has 0 spiro atoms. The summed E-state index contributed by atoms with van der Waals surface area (Å²) >= 11 is 0. The van der Waals surface area contributed by atoms with Gasteiger partial charge in [-0.25, -0.2) is 8.42 Å². The number of rotatable bonds is 8. The Morgan fingerprint density at radius 2 is 1.48 bits per heavy atom. The number of hydrogen-bond acceptors (Lipinski definition) is 3. The van der Waals surface area contributed by atoms with Crippen LogP contribution >= 0.6 is 0 Å². The van der Waals surface area contributed by atoms with E-state index in [0.29, 0.717) is 11.4 Å². The van der Waals surface area contributed by atoms with Gasteiger partial charge >= 0.3 is 0 Å². The molecule has 0 aliphatic carbocycles. The van der Waals surface area contributed by atoms with Gasteiger partial charge in [0, 0.05) is 5.69 Å². The third-order valence-electron chi connectivity index (χ3n) is 5.25. The Hall–Kier alpha value is -3.12. The second kappa shape index (κ2) is 9.79. The van der Waals surface area contributed by atoms with Gasteiger partial charge in [-0.3, -0.25) is 9.52 Å². The molecule has 1 unspecified atom stereocenters. The van der Waals surface area contributed by atoms with E-state index in [9.17, 15) is 13.2 Å². The molecular formula is C25H28N2O3S. The van der Waals surface area contributed by atoms with Gasteiger partial charge in [0.25, 0.3) is 10.0 Å². The number of para-hydroxylation sites is 1. The van der Waals surface area contributed by atoms with Crippen LogP contribution in [-0.4, -0.2) is 14.3 Å². The third kappa shape index (κ3) is 5.52. The van der Waals surface area contributed by atoms with Crippen molar-refractivity contribution in [2.45, 2.75) is 44.4 Å². The Bertz CT molecular complexity index is 1120. The molecule has 1 atom stereocenters. The highest BCUT2D eigenvalue weighted by molar-refractivity contribution is 7.92. The lowest BCUT2D eigenvalue weighted by molar-refractivity contribution is -0.117. The van der Waals surface area contributed by atoms with Crippen molar-refractivity contribution in [3.05, 3.63) is 89.5 Å². The molecule has 3 aromatic rings. The first-order chi connectivity index (χ1) is 14.8. The topological polar surface area (TPSA) is 75.3 Å². The predicted molar refractivity (Wildman–Crippen MR) is 126 cm³/mol. The second-order valence-corrected chi connectivity index (χ2v) is 9.32. The van der Waals surface area contributed by atoms with Crippen molar-refractivity contribution in [1.82, 2.24) is 0 Å². The molecule has 5 nitrogen and oxygen atoms in total. The molecule has 6 heteroatoms. The number of amides is 1. The van der Waals surface area contributed by atoms with Crippen LogP contribution in [0.15, 0.2) is 77.7 Å². The highest BCUT2D eigenvalue weighted by Crippen LogP contribution is 2.26. The monoisotopic (exact) mass is 436 g/mol. The molecule has 0 saturated carbocycles. The summed E-state index contributed by atoms with van der Waals surface area (Å²) in [5.74, 6) is -0.349. The Morgan fingerprint density at radius 1 is 0.871 bits per heavy atom. The van der Waals surface area contributed by atoms with Crippen molar-refractivity contribution in [1.29, 1.82) is 0 Å². The largest absolute Gasteiger partial charge is 0.326 e. The lowest BCUT2D eigenvalue weighted by Gasteiger charge is -2.17. The molecular weight excluding hydrogens is 408 g/mol. The van der Waals surface area contributed by atoms with Crippen LogP contribution < -0.4 is 10.0 Å². The van der Waals surface area contributed by atoms with Crippen LogP contribution in [0.4, 0.5) is 11.4 Å². The normalized spacial score (nSPS) is 12.2. The Labute approximate surface area is 184 Å². The molecule has 162 valence electrons. The summed E-state index contributed by atoms with van der Waals surface area (Å²) in [4.78, 5) is 13.0. The van der Waals surface area contributed by atoms with Crippen LogP contribution in [0.5, 0.6) is 0 Å².